The Balaban J connectivity index is 2.18. The SMILES string of the molecule is CC1CCCN(C(=O)Cc2cccc(C(F)(F)F)c2)[C@@]1(C)CN. The number of rotatable bonds is 3. The number of piperidine rings is 1. The van der Waals surface area contributed by atoms with Crippen LogP contribution in [-0.4, -0.2) is 29.4 Å². The second-order valence-electron chi connectivity index (χ2n) is 6.52. The van der Waals surface area contributed by atoms with Crippen LogP contribution in [0.15, 0.2) is 24.3 Å². The van der Waals surface area contributed by atoms with Gasteiger partial charge in [0.25, 0.3) is 0 Å². The van der Waals surface area contributed by atoms with E-state index >= 15 is 0 Å². The minimum Gasteiger partial charge on any atom is -0.335 e. The third-order valence-electron chi connectivity index (χ3n) is 5.02. The molecule has 1 aromatic carbocycles. The van der Waals surface area contributed by atoms with Crippen LogP contribution in [0.2, 0.25) is 0 Å². The van der Waals surface area contributed by atoms with Gasteiger partial charge in [0.2, 0.25) is 5.91 Å². The van der Waals surface area contributed by atoms with Gasteiger partial charge in [0.05, 0.1) is 17.5 Å². The van der Waals surface area contributed by atoms with Crippen molar-refractivity contribution in [3.63, 3.8) is 0 Å². The fourth-order valence-electron chi connectivity index (χ4n) is 3.24. The van der Waals surface area contributed by atoms with Crippen molar-refractivity contribution in [3.8, 4) is 0 Å². The Labute approximate surface area is 134 Å². The number of hydrogen-bond donors (Lipinski definition) is 1. The molecule has 0 aliphatic carbocycles. The van der Waals surface area contributed by atoms with Crippen molar-refractivity contribution in [1.29, 1.82) is 0 Å². The van der Waals surface area contributed by atoms with Gasteiger partial charge in [-0.15, -0.1) is 0 Å². The number of benzene rings is 1. The molecule has 1 amide bonds. The summed E-state index contributed by atoms with van der Waals surface area (Å²) >= 11 is 0. The van der Waals surface area contributed by atoms with Crippen LogP contribution < -0.4 is 5.73 Å². The zero-order chi connectivity index (χ0) is 17.3. The van der Waals surface area contributed by atoms with E-state index in [-0.39, 0.29) is 18.2 Å². The Kier molecular flexibility index (Phi) is 5.04. The maximum atomic E-state index is 12.8. The number of alkyl halides is 3. The van der Waals surface area contributed by atoms with E-state index in [9.17, 15) is 18.0 Å². The van der Waals surface area contributed by atoms with Gasteiger partial charge < -0.3 is 10.6 Å². The molecule has 128 valence electrons. The second kappa shape index (κ2) is 6.51. The van der Waals surface area contributed by atoms with E-state index in [1.807, 2.05) is 6.92 Å². The third-order valence-corrected chi connectivity index (χ3v) is 5.02. The van der Waals surface area contributed by atoms with Gasteiger partial charge in [-0.3, -0.25) is 4.79 Å². The van der Waals surface area contributed by atoms with Crippen LogP contribution in [0.3, 0.4) is 0 Å². The number of carbonyl (C=O) groups excluding carboxylic acids is 1. The van der Waals surface area contributed by atoms with E-state index in [1.165, 1.54) is 6.07 Å². The zero-order valence-electron chi connectivity index (χ0n) is 13.5. The first-order valence-electron chi connectivity index (χ1n) is 7.85. The summed E-state index contributed by atoms with van der Waals surface area (Å²) in [5, 5.41) is 0. The lowest BCUT2D eigenvalue weighted by molar-refractivity contribution is -0.141. The first-order chi connectivity index (χ1) is 10.7. The number of nitrogens with zero attached hydrogens (tertiary/aromatic N) is 1. The van der Waals surface area contributed by atoms with Crippen molar-refractivity contribution >= 4 is 5.91 Å². The minimum absolute atomic E-state index is 0.0355. The van der Waals surface area contributed by atoms with Crippen molar-refractivity contribution in [2.75, 3.05) is 13.1 Å². The Morgan fingerprint density at radius 2 is 2.13 bits per heavy atom. The Bertz CT molecular complexity index is 573. The topological polar surface area (TPSA) is 46.3 Å². The second-order valence-corrected chi connectivity index (χ2v) is 6.52. The molecular weight excluding hydrogens is 305 g/mol. The Morgan fingerprint density at radius 3 is 2.74 bits per heavy atom. The normalized spacial score (nSPS) is 25.5. The van der Waals surface area contributed by atoms with Gasteiger partial charge in [-0.05, 0) is 37.3 Å². The molecule has 2 atom stereocenters. The molecular formula is C17H23F3N2O. The summed E-state index contributed by atoms with van der Waals surface area (Å²) in [6.07, 6.45) is -2.54. The molecule has 6 heteroatoms. The molecule has 1 aromatic rings. The molecule has 1 aliphatic heterocycles. The summed E-state index contributed by atoms with van der Waals surface area (Å²) in [4.78, 5) is 14.4. The lowest BCUT2D eigenvalue weighted by atomic mass is 9.78. The maximum Gasteiger partial charge on any atom is 0.416 e. The van der Waals surface area contributed by atoms with E-state index in [4.69, 9.17) is 5.73 Å². The number of likely N-dealkylation sites (tertiary alicyclic amines) is 1. The summed E-state index contributed by atoms with van der Waals surface area (Å²) in [7, 11) is 0. The van der Waals surface area contributed by atoms with E-state index in [0.717, 1.165) is 25.0 Å². The van der Waals surface area contributed by atoms with Crippen LogP contribution in [-0.2, 0) is 17.4 Å². The molecule has 0 saturated carbocycles. The van der Waals surface area contributed by atoms with Crippen molar-refractivity contribution in [2.24, 2.45) is 11.7 Å². The average Bonchev–Trinajstić information content (AvgIpc) is 2.49. The molecule has 1 heterocycles. The smallest absolute Gasteiger partial charge is 0.335 e. The van der Waals surface area contributed by atoms with Gasteiger partial charge in [0, 0.05) is 13.1 Å². The van der Waals surface area contributed by atoms with Crippen LogP contribution in [0, 0.1) is 5.92 Å². The van der Waals surface area contributed by atoms with Crippen molar-refractivity contribution in [3.05, 3.63) is 35.4 Å². The van der Waals surface area contributed by atoms with E-state index in [1.54, 1.807) is 11.0 Å². The molecule has 1 aliphatic rings. The zero-order valence-corrected chi connectivity index (χ0v) is 13.5. The lowest BCUT2D eigenvalue weighted by Gasteiger charge is -2.48. The number of carbonyl (C=O) groups is 1. The molecule has 1 saturated heterocycles. The number of halogens is 3. The summed E-state index contributed by atoms with van der Waals surface area (Å²) < 4.78 is 38.3. The van der Waals surface area contributed by atoms with Gasteiger partial charge in [-0.25, -0.2) is 0 Å². The summed E-state index contributed by atoms with van der Waals surface area (Å²) in [5.41, 5.74) is 5.11. The summed E-state index contributed by atoms with van der Waals surface area (Å²) in [5.74, 6) is 0.107. The fraction of sp³-hybridized carbons (Fsp3) is 0.588. The van der Waals surface area contributed by atoms with E-state index in [0.29, 0.717) is 18.7 Å². The maximum absolute atomic E-state index is 12.8. The molecule has 0 bridgehead atoms. The highest BCUT2D eigenvalue weighted by atomic mass is 19.4. The van der Waals surface area contributed by atoms with Crippen LogP contribution in [0.25, 0.3) is 0 Å². The van der Waals surface area contributed by atoms with Crippen LogP contribution in [0.4, 0.5) is 13.2 Å². The van der Waals surface area contributed by atoms with Crippen molar-refractivity contribution < 1.29 is 18.0 Å². The molecule has 0 radical (unpaired) electrons. The van der Waals surface area contributed by atoms with Crippen molar-refractivity contribution in [2.45, 2.75) is 44.8 Å². The standard InChI is InChI=1S/C17H23F3N2O/c1-12-5-4-8-22(16(12,2)11-21)15(23)10-13-6-3-7-14(9-13)17(18,19)20/h3,6-7,9,12H,4-5,8,10-11,21H2,1-2H3/t12?,16-/m0/s1. The largest absolute Gasteiger partial charge is 0.416 e. The molecule has 0 aromatic heterocycles. The number of hydrogen-bond acceptors (Lipinski definition) is 2. The third kappa shape index (κ3) is 3.68. The fourth-order valence-corrected chi connectivity index (χ4v) is 3.24. The molecule has 1 unspecified atom stereocenters. The Morgan fingerprint density at radius 1 is 1.43 bits per heavy atom. The van der Waals surface area contributed by atoms with Crippen LogP contribution >= 0.6 is 0 Å². The van der Waals surface area contributed by atoms with Gasteiger partial charge in [-0.1, -0.05) is 25.1 Å². The highest BCUT2D eigenvalue weighted by Crippen LogP contribution is 2.33. The summed E-state index contributed by atoms with van der Waals surface area (Å²) in [6.45, 7) is 4.98. The minimum atomic E-state index is -4.40. The first kappa shape index (κ1) is 17.8. The number of amides is 1. The molecule has 2 rings (SSSR count). The van der Waals surface area contributed by atoms with E-state index in [2.05, 4.69) is 6.92 Å². The first-order valence-corrected chi connectivity index (χ1v) is 7.85. The molecule has 3 nitrogen and oxygen atoms in total. The quantitative estimate of drug-likeness (QED) is 0.926. The van der Waals surface area contributed by atoms with E-state index < -0.39 is 17.3 Å². The predicted molar refractivity (Wildman–Crippen MR) is 82.7 cm³/mol. The molecule has 0 spiro atoms. The van der Waals surface area contributed by atoms with Crippen molar-refractivity contribution in [1.82, 2.24) is 4.90 Å². The predicted octanol–water partition coefficient (Wildman–Crippen LogP) is 3.22. The average molecular weight is 328 g/mol. The molecule has 23 heavy (non-hydrogen) atoms. The van der Waals surface area contributed by atoms with Crippen LogP contribution in [0.5, 0.6) is 0 Å². The highest BCUT2D eigenvalue weighted by Gasteiger charge is 2.41. The van der Waals surface area contributed by atoms with Gasteiger partial charge in [-0.2, -0.15) is 13.2 Å². The monoisotopic (exact) mass is 328 g/mol. The Hall–Kier alpha value is -1.56. The van der Waals surface area contributed by atoms with Gasteiger partial charge in [0.1, 0.15) is 0 Å². The van der Waals surface area contributed by atoms with Crippen LogP contribution in [0.1, 0.15) is 37.8 Å². The summed E-state index contributed by atoms with van der Waals surface area (Å²) in [6, 6.07) is 4.96. The lowest BCUT2D eigenvalue weighted by Crippen LogP contribution is -2.61. The highest BCUT2D eigenvalue weighted by molar-refractivity contribution is 5.79. The molecule has 1 fully saturated rings. The number of nitrogens with two attached hydrogens (primary N) is 1. The van der Waals surface area contributed by atoms with Gasteiger partial charge >= 0.3 is 6.18 Å². The van der Waals surface area contributed by atoms with Gasteiger partial charge in [0.15, 0.2) is 0 Å². The molecule has 2 N–H and O–H groups in total.